The number of aromatic nitrogens is 1. The number of phenolic OH excluding ortho intramolecular Hbond substituents is 1. The molecule has 8 heteroatoms. The summed E-state index contributed by atoms with van der Waals surface area (Å²) in [6.45, 7) is 6.67. The number of alkyl halides is 1. The van der Waals surface area contributed by atoms with Crippen molar-refractivity contribution in [3.05, 3.63) is 65.4 Å². The predicted molar refractivity (Wildman–Crippen MR) is 148 cm³/mol. The number of ether oxygens (including phenoxy) is 1. The molecule has 2 aliphatic rings. The highest BCUT2D eigenvalue weighted by Gasteiger charge is 2.32. The topological polar surface area (TPSA) is 85.9 Å². The van der Waals surface area contributed by atoms with Crippen molar-refractivity contribution in [2.24, 2.45) is 0 Å². The average Bonchev–Trinajstić information content (AvgIpc) is 3.60. The van der Waals surface area contributed by atoms with E-state index in [0.29, 0.717) is 25.2 Å². The minimum absolute atomic E-state index is 0.134. The van der Waals surface area contributed by atoms with Gasteiger partial charge in [-0.05, 0) is 68.3 Å². The molecule has 4 aromatic rings. The van der Waals surface area contributed by atoms with Crippen LogP contribution >= 0.6 is 11.6 Å². The number of nitrogens with one attached hydrogen (secondary N) is 1. The van der Waals surface area contributed by atoms with Gasteiger partial charge in [-0.25, -0.2) is 4.79 Å². The first-order valence-corrected chi connectivity index (χ1v) is 13.1. The van der Waals surface area contributed by atoms with Crippen molar-refractivity contribution in [2.45, 2.75) is 39.2 Å². The Bertz CT molecular complexity index is 1540. The van der Waals surface area contributed by atoms with E-state index in [9.17, 15) is 14.7 Å². The number of rotatable bonds is 1. The van der Waals surface area contributed by atoms with E-state index in [4.69, 9.17) is 4.74 Å². The van der Waals surface area contributed by atoms with Gasteiger partial charge in [-0.1, -0.05) is 24.3 Å². The summed E-state index contributed by atoms with van der Waals surface area (Å²) >= 11 is 4.64. The monoisotopic (exact) mass is 519 g/mol. The fourth-order valence-electron chi connectivity index (χ4n) is 5.34. The van der Waals surface area contributed by atoms with E-state index in [0.717, 1.165) is 50.6 Å². The summed E-state index contributed by atoms with van der Waals surface area (Å²) in [6, 6.07) is 15.1. The molecule has 3 heterocycles. The number of H-pyrrole nitrogens is 1. The van der Waals surface area contributed by atoms with E-state index in [2.05, 4.69) is 16.6 Å². The van der Waals surface area contributed by atoms with Gasteiger partial charge < -0.3 is 19.7 Å². The lowest BCUT2D eigenvalue weighted by atomic mass is 10.0. The summed E-state index contributed by atoms with van der Waals surface area (Å²) in [6.07, 6.45) is 2.55. The number of benzene rings is 3. The van der Waals surface area contributed by atoms with E-state index in [1.165, 1.54) is 6.38 Å². The van der Waals surface area contributed by atoms with Crippen LogP contribution in [0, 0.1) is 0 Å². The van der Waals surface area contributed by atoms with Crippen LogP contribution < -0.4 is 9.80 Å². The van der Waals surface area contributed by atoms with Crippen LogP contribution in [0.25, 0.3) is 21.7 Å². The number of anilines is 2. The highest BCUT2D eigenvalue weighted by atomic mass is 35.5. The molecule has 1 aromatic heterocycles. The summed E-state index contributed by atoms with van der Waals surface area (Å²) in [7, 11) is 0. The van der Waals surface area contributed by atoms with Crippen LogP contribution in [0.15, 0.2) is 48.5 Å². The van der Waals surface area contributed by atoms with Crippen LogP contribution in [0.2, 0.25) is 0 Å². The molecule has 0 radical (unpaired) electrons. The fourth-order valence-corrected chi connectivity index (χ4v) is 5.34. The van der Waals surface area contributed by atoms with Crippen LogP contribution in [-0.4, -0.2) is 47.2 Å². The zero-order chi connectivity index (χ0) is 26.5. The molecule has 2 aliphatic heterocycles. The van der Waals surface area contributed by atoms with Crippen molar-refractivity contribution >= 4 is 56.7 Å². The van der Waals surface area contributed by atoms with Crippen molar-refractivity contribution in [2.75, 3.05) is 29.3 Å². The van der Waals surface area contributed by atoms with Gasteiger partial charge in [0.25, 0.3) is 5.91 Å². The number of nitrogens with zero attached hydrogens (tertiary/aromatic N) is 2. The van der Waals surface area contributed by atoms with Crippen LogP contribution in [0.3, 0.4) is 0 Å². The molecule has 7 nitrogen and oxygen atoms in total. The van der Waals surface area contributed by atoms with Gasteiger partial charge in [0, 0.05) is 41.8 Å². The number of amides is 2. The highest BCUT2D eigenvalue weighted by Crippen LogP contribution is 2.41. The predicted octanol–water partition coefficient (Wildman–Crippen LogP) is 6.38. The van der Waals surface area contributed by atoms with Gasteiger partial charge in [0.2, 0.25) is 0 Å². The smallest absolute Gasteiger partial charge is 0.414 e. The molecule has 192 valence electrons. The Hall–Kier alpha value is -3.71. The summed E-state index contributed by atoms with van der Waals surface area (Å²) < 4.78 is 5.57. The summed E-state index contributed by atoms with van der Waals surface area (Å²) in [5.74, 6) is 0.0427. The molecule has 6 rings (SSSR count). The number of halogens is 1. The van der Waals surface area contributed by atoms with Crippen LogP contribution in [-0.2, 0) is 17.6 Å². The Morgan fingerprint density at radius 1 is 0.892 bits per heavy atom. The lowest BCUT2D eigenvalue weighted by Gasteiger charge is -2.24. The first-order valence-electron chi connectivity index (χ1n) is 12.3. The first-order chi connectivity index (χ1) is 17.7. The second-order valence-electron chi connectivity index (χ2n) is 10.2. The zero-order valence-electron chi connectivity index (χ0n) is 21.4. The van der Waals surface area contributed by atoms with E-state index in [1.807, 2.05) is 63.2 Å². The summed E-state index contributed by atoms with van der Waals surface area (Å²) in [4.78, 5) is 33.0. The van der Waals surface area contributed by atoms with Gasteiger partial charge in [0.05, 0.1) is 11.4 Å². The number of carbonyl (C=O) groups excluding carboxylic acids is 2. The lowest BCUT2D eigenvalue weighted by molar-refractivity contribution is 0.0583. The summed E-state index contributed by atoms with van der Waals surface area (Å²) in [5, 5.41) is 13.3. The van der Waals surface area contributed by atoms with Crippen LogP contribution in [0.5, 0.6) is 5.75 Å². The first kappa shape index (κ1) is 25.0. The van der Waals surface area contributed by atoms with Gasteiger partial charge in [-0.3, -0.25) is 9.69 Å². The highest BCUT2D eigenvalue weighted by molar-refractivity contribution is 6.15. The van der Waals surface area contributed by atoms with Gasteiger partial charge in [0.1, 0.15) is 17.0 Å². The van der Waals surface area contributed by atoms with Crippen molar-refractivity contribution in [1.29, 1.82) is 0 Å². The van der Waals surface area contributed by atoms with Gasteiger partial charge in [-0.15, -0.1) is 11.6 Å². The molecule has 0 atom stereocenters. The van der Waals surface area contributed by atoms with E-state index >= 15 is 0 Å². The number of aromatic amines is 1. The van der Waals surface area contributed by atoms with Crippen LogP contribution in [0.4, 0.5) is 16.2 Å². The third kappa shape index (κ3) is 4.27. The standard InChI is InChI=1S/C28H27N3O4.CH3Cl/c1-28(2,3)35-27(34)31-13-11-18-20-14-22(29-21(20)8-9-23(18)31)26(33)30-12-10-17-16-6-4-5-7-19(16)25(32)15-24(17)30;1-2/h4-9,14-15,29,32H,10-13H2,1-3H3;1H3. The molecule has 37 heavy (non-hydrogen) atoms. The third-order valence-corrected chi connectivity index (χ3v) is 6.84. The van der Waals surface area contributed by atoms with Crippen molar-refractivity contribution < 1.29 is 19.4 Å². The number of fused-ring (bicyclic) bond motifs is 6. The fraction of sp³-hybridized carbons (Fsp3) is 0.310. The molecule has 0 spiro atoms. The zero-order valence-corrected chi connectivity index (χ0v) is 22.1. The molecule has 0 unspecified atom stereocenters. The Morgan fingerprint density at radius 3 is 2.24 bits per heavy atom. The second kappa shape index (κ2) is 9.30. The van der Waals surface area contributed by atoms with Gasteiger partial charge in [-0.2, -0.15) is 0 Å². The van der Waals surface area contributed by atoms with E-state index < -0.39 is 5.60 Å². The molecule has 2 N–H and O–H groups in total. The number of phenols is 1. The van der Waals surface area contributed by atoms with Gasteiger partial charge in [0.15, 0.2) is 0 Å². The quantitative estimate of drug-likeness (QED) is 0.286. The molecule has 2 amide bonds. The molecule has 0 fully saturated rings. The van der Waals surface area contributed by atoms with E-state index in [1.54, 1.807) is 15.9 Å². The molecule has 0 aliphatic carbocycles. The third-order valence-electron chi connectivity index (χ3n) is 6.84. The largest absolute Gasteiger partial charge is 0.507 e. The number of carbonyl (C=O) groups is 2. The molecule has 0 bridgehead atoms. The van der Waals surface area contributed by atoms with Crippen LogP contribution in [0.1, 0.15) is 42.4 Å². The SMILES string of the molecule is CC(C)(C)OC(=O)N1CCc2c1ccc1[nH]c(C(=O)N3CCc4c3cc(O)c3ccccc43)cc21.CCl. The number of hydrogen-bond acceptors (Lipinski definition) is 4. The second-order valence-corrected chi connectivity index (χ2v) is 10.2. The summed E-state index contributed by atoms with van der Waals surface area (Å²) in [5.41, 5.74) is 4.48. The van der Waals surface area contributed by atoms with E-state index in [-0.39, 0.29) is 17.7 Å². The van der Waals surface area contributed by atoms with Gasteiger partial charge >= 0.3 is 6.09 Å². The minimum atomic E-state index is -0.566. The Kier molecular flexibility index (Phi) is 6.28. The lowest BCUT2D eigenvalue weighted by Crippen LogP contribution is -2.35. The molecular formula is C29H30ClN3O4. The normalized spacial score (nSPS) is 14.4. The Labute approximate surface area is 220 Å². The number of aromatic hydroxyl groups is 1. The Balaban J connectivity index is 0.00000137. The molecule has 0 saturated heterocycles. The maximum absolute atomic E-state index is 13.6. The average molecular weight is 520 g/mol. The number of hydrogen-bond donors (Lipinski definition) is 2. The maximum Gasteiger partial charge on any atom is 0.414 e. The minimum Gasteiger partial charge on any atom is -0.507 e. The molecule has 3 aromatic carbocycles. The van der Waals surface area contributed by atoms with Crippen molar-refractivity contribution in [1.82, 2.24) is 4.98 Å². The Morgan fingerprint density at radius 2 is 1.54 bits per heavy atom. The molecular weight excluding hydrogens is 490 g/mol. The maximum atomic E-state index is 13.6. The van der Waals surface area contributed by atoms with Crippen molar-refractivity contribution in [3.8, 4) is 5.75 Å². The van der Waals surface area contributed by atoms with Crippen molar-refractivity contribution in [3.63, 3.8) is 0 Å². The molecule has 0 saturated carbocycles.